The van der Waals surface area contributed by atoms with Crippen LogP contribution in [0.5, 0.6) is 11.5 Å². The van der Waals surface area contributed by atoms with Crippen LogP contribution in [-0.4, -0.2) is 28.5 Å². The average Bonchev–Trinajstić information content (AvgIpc) is 3.38. The highest BCUT2D eigenvalue weighted by molar-refractivity contribution is 7.15. The second kappa shape index (κ2) is 9.87. The summed E-state index contributed by atoms with van der Waals surface area (Å²) in [5, 5.41) is 4.94. The van der Waals surface area contributed by atoms with Crippen molar-refractivity contribution in [3.63, 3.8) is 0 Å². The number of benzene rings is 2. The number of hydrogen-bond acceptors (Lipinski definition) is 5. The van der Waals surface area contributed by atoms with E-state index in [4.69, 9.17) is 14.5 Å². The summed E-state index contributed by atoms with van der Waals surface area (Å²) in [5.41, 5.74) is 4.87. The zero-order valence-corrected chi connectivity index (χ0v) is 19.4. The quantitative estimate of drug-likeness (QED) is 0.361. The first-order valence-corrected chi connectivity index (χ1v) is 11.7. The Morgan fingerprint density at radius 2 is 1.78 bits per heavy atom. The van der Waals surface area contributed by atoms with E-state index < -0.39 is 0 Å². The highest BCUT2D eigenvalue weighted by Gasteiger charge is 2.14. The normalized spacial score (nSPS) is 11.0. The third-order valence-corrected chi connectivity index (χ3v) is 6.00. The average molecular weight is 450 g/mol. The predicted molar refractivity (Wildman–Crippen MR) is 129 cm³/mol. The minimum absolute atomic E-state index is 0.0983. The van der Waals surface area contributed by atoms with Crippen LogP contribution in [0, 0.1) is 0 Å². The van der Waals surface area contributed by atoms with Gasteiger partial charge in [0.05, 0.1) is 25.3 Å². The van der Waals surface area contributed by atoms with Gasteiger partial charge in [0.2, 0.25) is 5.91 Å². The van der Waals surface area contributed by atoms with Gasteiger partial charge in [0.25, 0.3) is 0 Å². The molecule has 4 aromatic rings. The third kappa shape index (κ3) is 4.78. The van der Waals surface area contributed by atoms with Crippen LogP contribution in [0.2, 0.25) is 0 Å². The number of anilines is 1. The maximum absolute atomic E-state index is 12.7. The van der Waals surface area contributed by atoms with Gasteiger partial charge in [0, 0.05) is 34.6 Å². The smallest absolute Gasteiger partial charge is 0.230 e. The van der Waals surface area contributed by atoms with Gasteiger partial charge in [-0.25, -0.2) is 4.98 Å². The lowest BCUT2D eigenvalue weighted by Gasteiger charge is -2.13. The fraction of sp³-hybridized carbons (Fsp3) is 0.280. The molecule has 2 heterocycles. The number of amides is 1. The first-order valence-electron chi connectivity index (χ1n) is 10.9. The predicted octanol–water partition coefficient (Wildman–Crippen LogP) is 5.60. The Kier molecular flexibility index (Phi) is 6.75. The van der Waals surface area contributed by atoms with Crippen molar-refractivity contribution >= 4 is 27.9 Å². The zero-order valence-electron chi connectivity index (χ0n) is 18.6. The Hall–Kier alpha value is -3.32. The van der Waals surface area contributed by atoms with Gasteiger partial charge in [0.15, 0.2) is 16.5 Å². The van der Waals surface area contributed by atoms with E-state index in [1.165, 1.54) is 16.9 Å². The largest absolute Gasteiger partial charge is 0.490 e. The van der Waals surface area contributed by atoms with E-state index >= 15 is 0 Å². The molecule has 0 spiro atoms. The zero-order chi connectivity index (χ0) is 22.5. The van der Waals surface area contributed by atoms with E-state index in [9.17, 15) is 4.79 Å². The molecule has 6 nitrogen and oxygen atoms in total. The molecule has 2 aromatic heterocycles. The van der Waals surface area contributed by atoms with E-state index in [1.54, 1.807) is 6.07 Å². The molecule has 0 bridgehead atoms. The molecular weight excluding hydrogens is 422 g/mol. The Morgan fingerprint density at radius 1 is 1.03 bits per heavy atom. The monoisotopic (exact) mass is 449 g/mol. The molecule has 0 aliphatic carbocycles. The fourth-order valence-corrected chi connectivity index (χ4v) is 4.38. The van der Waals surface area contributed by atoms with Crippen LogP contribution in [0.4, 0.5) is 5.69 Å². The number of aromatic nitrogens is 2. The third-order valence-electron chi connectivity index (χ3n) is 5.11. The summed E-state index contributed by atoms with van der Waals surface area (Å²) in [6.45, 7) is 7.06. The van der Waals surface area contributed by atoms with Gasteiger partial charge >= 0.3 is 0 Å². The van der Waals surface area contributed by atoms with Crippen LogP contribution in [0.25, 0.3) is 16.2 Å². The number of ether oxygens (including phenoxy) is 2. The topological polar surface area (TPSA) is 64.9 Å². The van der Waals surface area contributed by atoms with E-state index in [0.717, 1.165) is 28.3 Å². The molecule has 32 heavy (non-hydrogen) atoms. The molecule has 7 heteroatoms. The summed E-state index contributed by atoms with van der Waals surface area (Å²) in [6.07, 6.45) is 3.26. The van der Waals surface area contributed by atoms with Crippen molar-refractivity contribution < 1.29 is 14.3 Å². The van der Waals surface area contributed by atoms with Crippen LogP contribution in [0.1, 0.15) is 32.0 Å². The number of carbonyl (C=O) groups is 1. The molecule has 2 aromatic carbocycles. The summed E-state index contributed by atoms with van der Waals surface area (Å²) in [6, 6.07) is 13.9. The lowest BCUT2D eigenvalue weighted by atomic mass is 10.1. The van der Waals surface area contributed by atoms with Crippen LogP contribution in [0.3, 0.4) is 0 Å². The van der Waals surface area contributed by atoms with E-state index in [0.29, 0.717) is 30.4 Å². The molecule has 4 rings (SSSR count). The number of rotatable bonds is 9. The number of nitrogens with one attached hydrogen (secondary N) is 1. The first kappa shape index (κ1) is 21.9. The highest BCUT2D eigenvalue weighted by Crippen LogP contribution is 2.31. The van der Waals surface area contributed by atoms with Crippen LogP contribution < -0.4 is 14.8 Å². The number of carbonyl (C=O) groups excluding carboxylic acids is 1. The number of hydrogen-bond donors (Lipinski definition) is 1. The molecule has 0 unspecified atom stereocenters. The molecule has 1 amide bonds. The summed E-state index contributed by atoms with van der Waals surface area (Å²) >= 11 is 1.54. The molecule has 0 atom stereocenters. The Balaban J connectivity index is 1.49. The number of thiazole rings is 1. The van der Waals surface area contributed by atoms with E-state index in [1.807, 2.05) is 42.0 Å². The van der Waals surface area contributed by atoms with Gasteiger partial charge in [0.1, 0.15) is 0 Å². The number of imidazole rings is 1. The van der Waals surface area contributed by atoms with Gasteiger partial charge in [-0.15, -0.1) is 11.3 Å². The molecule has 0 fully saturated rings. The summed E-state index contributed by atoms with van der Waals surface area (Å²) in [5.74, 6) is 1.20. The maximum Gasteiger partial charge on any atom is 0.230 e. The van der Waals surface area contributed by atoms with Crippen molar-refractivity contribution in [1.29, 1.82) is 0 Å². The van der Waals surface area contributed by atoms with E-state index in [2.05, 4.69) is 36.5 Å². The molecule has 0 aliphatic heterocycles. The SMILES string of the molecule is CCOc1ccc(NC(=O)Cc2csc3nc(-c4ccc(CC)cc4)cn23)cc1OCC. The van der Waals surface area contributed by atoms with Crippen molar-refractivity contribution in [3.8, 4) is 22.8 Å². The Morgan fingerprint density at radius 3 is 2.50 bits per heavy atom. The van der Waals surface area contributed by atoms with Gasteiger partial charge in [-0.3, -0.25) is 9.20 Å². The van der Waals surface area contributed by atoms with Crippen LogP contribution in [-0.2, 0) is 17.6 Å². The maximum atomic E-state index is 12.7. The molecule has 1 N–H and O–H groups in total. The fourth-order valence-electron chi connectivity index (χ4n) is 3.51. The van der Waals surface area contributed by atoms with Crippen LogP contribution >= 0.6 is 11.3 Å². The molecule has 0 saturated carbocycles. The number of aryl methyl sites for hydroxylation is 1. The number of nitrogens with zero attached hydrogens (tertiary/aromatic N) is 2. The molecule has 0 saturated heterocycles. The van der Waals surface area contributed by atoms with Crippen molar-refractivity contribution in [1.82, 2.24) is 9.38 Å². The Bertz CT molecular complexity index is 1210. The van der Waals surface area contributed by atoms with Crippen molar-refractivity contribution in [2.24, 2.45) is 0 Å². The molecular formula is C25H27N3O3S. The van der Waals surface area contributed by atoms with Crippen molar-refractivity contribution in [2.45, 2.75) is 33.6 Å². The van der Waals surface area contributed by atoms with Gasteiger partial charge < -0.3 is 14.8 Å². The molecule has 0 radical (unpaired) electrons. The first-order chi connectivity index (χ1) is 15.6. The summed E-state index contributed by atoms with van der Waals surface area (Å²) in [7, 11) is 0. The summed E-state index contributed by atoms with van der Waals surface area (Å²) in [4.78, 5) is 18.3. The standard InChI is InChI=1S/C25H27N3O3S/c1-4-17-7-9-18(10-8-17)21-15-28-20(16-32-25(28)27-21)14-24(29)26-19-11-12-22(30-5-2)23(13-19)31-6-3/h7-13,15-16H,4-6,14H2,1-3H3,(H,26,29). The minimum Gasteiger partial charge on any atom is -0.490 e. The lowest BCUT2D eigenvalue weighted by Crippen LogP contribution is -2.15. The van der Waals surface area contributed by atoms with Gasteiger partial charge in [-0.1, -0.05) is 31.2 Å². The second-order valence-electron chi connectivity index (χ2n) is 7.31. The lowest BCUT2D eigenvalue weighted by molar-refractivity contribution is -0.115. The molecule has 166 valence electrons. The van der Waals surface area contributed by atoms with Crippen molar-refractivity contribution in [2.75, 3.05) is 18.5 Å². The van der Waals surface area contributed by atoms with E-state index in [-0.39, 0.29) is 12.3 Å². The minimum atomic E-state index is -0.0983. The number of fused-ring (bicyclic) bond motifs is 1. The Labute approximate surface area is 191 Å². The second-order valence-corrected chi connectivity index (χ2v) is 8.15. The molecule has 0 aliphatic rings. The van der Waals surface area contributed by atoms with Crippen LogP contribution in [0.15, 0.2) is 54.0 Å². The van der Waals surface area contributed by atoms with Gasteiger partial charge in [-0.05, 0) is 38.0 Å². The highest BCUT2D eigenvalue weighted by atomic mass is 32.1. The summed E-state index contributed by atoms with van der Waals surface area (Å²) < 4.78 is 13.2. The van der Waals surface area contributed by atoms with Gasteiger partial charge in [-0.2, -0.15) is 0 Å². The van der Waals surface area contributed by atoms with Crippen molar-refractivity contribution in [3.05, 3.63) is 65.3 Å².